The highest BCUT2D eigenvalue weighted by Crippen LogP contribution is 2.07. The maximum atomic E-state index is 9.38. The molecule has 1 heterocycles. The Morgan fingerprint density at radius 2 is 1.91 bits per heavy atom. The first-order valence-electron chi connectivity index (χ1n) is 3.74. The van der Waals surface area contributed by atoms with Crippen molar-refractivity contribution >= 4 is 0 Å². The van der Waals surface area contributed by atoms with Crippen LogP contribution in [0, 0.1) is 0 Å². The maximum absolute atomic E-state index is 9.38. The van der Waals surface area contributed by atoms with Gasteiger partial charge in [0, 0.05) is 12.6 Å². The number of hydrazine groups is 1. The van der Waals surface area contributed by atoms with Crippen molar-refractivity contribution in [1.82, 2.24) is 10.9 Å². The summed E-state index contributed by atoms with van der Waals surface area (Å²) in [5.74, 6) is 0. The van der Waals surface area contributed by atoms with Crippen LogP contribution < -0.4 is 16.6 Å². The molecule has 66 valence electrons. The van der Waals surface area contributed by atoms with Gasteiger partial charge in [0.15, 0.2) is 0 Å². The van der Waals surface area contributed by atoms with Gasteiger partial charge in [-0.15, -0.1) is 0 Å². The molecule has 0 aromatic rings. The van der Waals surface area contributed by atoms with Gasteiger partial charge in [-0.1, -0.05) is 0 Å². The number of nitrogens with two attached hydrogens (primary N) is 1. The van der Waals surface area contributed by atoms with Crippen LogP contribution in [0.4, 0.5) is 0 Å². The largest absolute Gasteiger partial charge is 0.389 e. The molecule has 6 N–H and O–H groups in total. The molecule has 1 fully saturated rings. The number of aliphatic hydroxyl groups excluding tert-OH is 2. The van der Waals surface area contributed by atoms with E-state index in [2.05, 4.69) is 10.9 Å². The number of aliphatic hydroxyl groups is 2. The quantitative estimate of drug-likeness (QED) is 0.294. The minimum absolute atomic E-state index is 0.146. The molecule has 0 aromatic carbocycles. The first-order chi connectivity index (χ1) is 5.16. The van der Waals surface area contributed by atoms with E-state index in [1.54, 1.807) is 6.92 Å². The smallest absolute Gasteiger partial charge is 0.0993 e. The van der Waals surface area contributed by atoms with E-state index in [-0.39, 0.29) is 12.1 Å². The Morgan fingerprint density at radius 1 is 1.27 bits per heavy atom. The zero-order chi connectivity index (χ0) is 8.43. The molecule has 0 amide bonds. The molecule has 3 unspecified atom stereocenters. The third-order valence-electron chi connectivity index (χ3n) is 2.02. The van der Waals surface area contributed by atoms with Crippen molar-refractivity contribution in [3.8, 4) is 0 Å². The van der Waals surface area contributed by atoms with Gasteiger partial charge >= 0.3 is 0 Å². The molecule has 0 radical (unpaired) electrons. The second-order valence-electron chi connectivity index (χ2n) is 2.90. The average molecular weight is 161 g/mol. The van der Waals surface area contributed by atoms with E-state index < -0.39 is 12.2 Å². The lowest BCUT2D eigenvalue weighted by atomic mass is 9.99. The summed E-state index contributed by atoms with van der Waals surface area (Å²) in [5.41, 5.74) is 11.0. The van der Waals surface area contributed by atoms with Gasteiger partial charge in [0.2, 0.25) is 0 Å². The standard InChI is InChI=1S/C6H15N3O2/c1-3-5(10)6(11)4(2-7)9-8-3/h3-6,8-11H,2,7H2,1H3/t3?,4?,5-,6?/m1/s1. The van der Waals surface area contributed by atoms with Crippen LogP contribution in [0.1, 0.15) is 6.92 Å². The van der Waals surface area contributed by atoms with Crippen molar-refractivity contribution in [1.29, 1.82) is 0 Å². The highest BCUT2D eigenvalue weighted by molar-refractivity contribution is 4.90. The van der Waals surface area contributed by atoms with Crippen LogP contribution in [-0.2, 0) is 0 Å². The Kier molecular flexibility index (Phi) is 2.80. The summed E-state index contributed by atoms with van der Waals surface area (Å²) in [6.45, 7) is 2.09. The van der Waals surface area contributed by atoms with Crippen molar-refractivity contribution in [3.05, 3.63) is 0 Å². The van der Waals surface area contributed by atoms with Crippen molar-refractivity contribution in [2.24, 2.45) is 5.73 Å². The van der Waals surface area contributed by atoms with Crippen LogP contribution in [0.15, 0.2) is 0 Å². The number of nitrogens with one attached hydrogen (secondary N) is 2. The lowest BCUT2D eigenvalue weighted by Gasteiger charge is -2.37. The van der Waals surface area contributed by atoms with Crippen LogP contribution >= 0.6 is 0 Å². The van der Waals surface area contributed by atoms with Gasteiger partial charge in [-0.2, -0.15) is 0 Å². The SMILES string of the molecule is CC1NNC(CN)C(O)[C@@H]1O. The van der Waals surface area contributed by atoms with E-state index in [0.29, 0.717) is 6.54 Å². The number of rotatable bonds is 1. The van der Waals surface area contributed by atoms with E-state index in [1.807, 2.05) is 0 Å². The summed E-state index contributed by atoms with van der Waals surface area (Å²) in [4.78, 5) is 0. The summed E-state index contributed by atoms with van der Waals surface area (Å²) in [6.07, 6.45) is -1.53. The molecule has 0 bridgehead atoms. The molecule has 5 nitrogen and oxygen atoms in total. The molecule has 1 rings (SSSR count). The summed E-state index contributed by atoms with van der Waals surface area (Å²) in [7, 11) is 0. The van der Waals surface area contributed by atoms with Crippen molar-refractivity contribution in [2.75, 3.05) is 6.54 Å². The molecule has 0 aromatic heterocycles. The van der Waals surface area contributed by atoms with Gasteiger partial charge < -0.3 is 15.9 Å². The fourth-order valence-corrected chi connectivity index (χ4v) is 1.14. The Bertz CT molecular complexity index is 131. The zero-order valence-corrected chi connectivity index (χ0v) is 6.49. The highest BCUT2D eigenvalue weighted by Gasteiger charge is 2.33. The normalized spacial score (nSPS) is 45.8. The van der Waals surface area contributed by atoms with Gasteiger partial charge in [-0.25, -0.2) is 0 Å². The molecule has 0 spiro atoms. The molecular weight excluding hydrogens is 146 g/mol. The second-order valence-corrected chi connectivity index (χ2v) is 2.90. The third kappa shape index (κ3) is 1.69. The van der Waals surface area contributed by atoms with Gasteiger partial charge in [0.25, 0.3) is 0 Å². The van der Waals surface area contributed by atoms with Crippen molar-refractivity contribution in [3.63, 3.8) is 0 Å². The summed E-state index contributed by atoms with van der Waals surface area (Å²) < 4.78 is 0. The monoisotopic (exact) mass is 161 g/mol. The summed E-state index contributed by atoms with van der Waals surface area (Å²) >= 11 is 0. The lowest BCUT2D eigenvalue weighted by Crippen LogP contribution is -2.66. The van der Waals surface area contributed by atoms with Crippen LogP contribution in [0.3, 0.4) is 0 Å². The number of hydrogen-bond donors (Lipinski definition) is 5. The highest BCUT2D eigenvalue weighted by atomic mass is 16.3. The minimum atomic E-state index is -0.781. The van der Waals surface area contributed by atoms with E-state index in [4.69, 9.17) is 5.73 Å². The molecule has 11 heavy (non-hydrogen) atoms. The Balaban J connectivity index is 2.52. The van der Waals surface area contributed by atoms with Gasteiger partial charge in [-0.05, 0) is 6.92 Å². The molecule has 1 aliphatic heterocycles. The Morgan fingerprint density at radius 3 is 2.45 bits per heavy atom. The second kappa shape index (κ2) is 3.46. The van der Waals surface area contributed by atoms with Gasteiger partial charge in [0.1, 0.15) is 0 Å². The molecule has 1 aliphatic rings. The predicted octanol–water partition coefficient (Wildman–Crippen LogP) is -2.47. The first-order valence-corrected chi connectivity index (χ1v) is 3.74. The molecule has 5 heteroatoms. The molecule has 0 saturated carbocycles. The van der Waals surface area contributed by atoms with Crippen LogP contribution in [-0.4, -0.2) is 41.0 Å². The minimum Gasteiger partial charge on any atom is -0.389 e. The summed E-state index contributed by atoms with van der Waals surface area (Å²) in [5, 5.41) is 18.7. The predicted molar refractivity (Wildman–Crippen MR) is 40.6 cm³/mol. The van der Waals surface area contributed by atoms with Crippen molar-refractivity contribution in [2.45, 2.75) is 31.2 Å². The first kappa shape index (κ1) is 8.89. The summed E-state index contributed by atoms with van der Waals surface area (Å²) in [6, 6.07) is -0.408. The zero-order valence-electron chi connectivity index (χ0n) is 6.49. The topological polar surface area (TPSA) is 90.5 Å². The molecule has 1 saturated heterocycles. The number of hydrogen-bond acceptors (Lipinski definition) is 5. The maximum Gasteiger partial charge on any atom is 0.0993 e. The third-order valence-corrected chi connectivity index (χ3v) is 2.02. The lowest BCUT2D eigenvalue weighted by molar-refractivity contribution is -0.0510. The Labute approximate surface area is 65.6 Å². The van der Waals surface area contributed by atoms with Gasteiger partial charge in [-0.3, -0.25) is 10.9 Å². The van der Waals surface area contributed by atoms with E-state index in [0.717, 1.165) is 0 Å². The molecule has 4 atom stereocenters. The van der Waals surface area contributed by atoms with Crippen LogP contribution in [0.25, 0.3) is 0 Å². The average Bonchev–Trinajstić information content (AvgIpc) is 2.01. The Hall–Kier alpha value is -0.200. The van der Waals surface area contributed by atoms with E-state index in [9.17, 15) is 10.2 Å². The molecule has 0 aliphatic carbocycles. The van der Waals surface area contributed by atoms with Crippen molar-refractivity contribution < 1.29 is 10.2 Å². The molecular formula is C6H15N3O2. The van der Waals surface area contributed by atoms with Crippen LogP contribution in [0.2, 0.25) is 0 Å². The fraction of sp³-hybridized carbons (Fsp3) is 1.00. The fourth-order valence-electron chi connectivity index (χ4n) is 1.14. The van der Waals surface area contributed by atoms with E-state index in [1.165, 1.54) is 0 Å². The van der Waals surface area contributed by atoms with Gasteiger partial charge in [0.05, 0.1) is 18.2 Å². The van der Waals surface area contributed by atoms with E-state index >= 15 is 0 Å². The van der Waals surface area contributed by atoms with Crippen LogP contribution in [0.5, 0.6) is 0 Å².